The number of carbonyl (C=O) groups excluding carboxylic acids is 1. The topological polar surface area (TPSA) is 79.4 Å². The lowest BCUT2D eigenvalue weighted by Crippen LogP contribution is -2.36. The third kappa shape index (κ3) is 4.84. The van der Waals surface area contributed by atoms with Crippen molar-refractivity contribution in [2.45, 2.75) is 19.8 Å². The average Bonchev–Trinajstić information content (AvgIpc) is 2.51. The molecule has 1 amide bonds. The summed E-state index contributed by atoms with van der Waals surface area (Å²) < 4.78 is 5.26. The summed E-state index contributed by atoms with van der Waals surface area (Å²) in [7, 11) is 3.89. The van der Waals surface area contributed by atoms with Gasteiger partial charge >= 0.3 is 0 Å². The molecule has 0 bridgehead atoms. The molecule has 0 spiro atoms. The van der Waals surface area contributed by atoms with Gasteiger partial charge in [-0.05, 0) is 19.8 Å². The lowest BCUT2D eigenvalue weighted by Gasteiger charge is -2.21. The van der Waals surface area contributed by atoms with E-state index >= 15 is 0 Å². The Morgan fingerprint density at radius 3 is 2.73 bits per heavy atom. The maximum atomic E-state index is 12.0. The monoisotopic (exact) mass is 307 g/mol. The summed E-state index contributed by atoms with van der Waals surface area (Å²) in [6.45, 7) is 4.45. The van der Waals surface area contributed by atoms with Gasteiger partial charge in [-0.15, -0.1) is 0 Å². The molecule has 2 N–H and O–H groups in total. The van der Waals surface area contributed by atoms with Gasteiger partial charge in [0.2, 0.25) is 5.91 Å². The molecule has 0 radical (unpaired) electrons. The molecule has 0 aromatic carbocycles. The number of hydrogen-bond acceptors (Lipinski definition) is 6. The van der Waals surface area contributed by atoms with Gasteiger partial charge in [0.05, 0.1) is 0 Å². The van der Waals surface area contributed by atoms with Crippen LogP contribution in [0, 0.1) is 12.8 Å². The minimum absolute atomic E-state index is 0.0930. The molecular formula is C15H25N5O2. The van der Waals surface area contributed by atoms with E-state index < -0.39 is 0 Å². The Kier molecular flexibility index (Phi) is 5.94. The fraction of sp³-hybridized carbons (Fsp3) is 0.667. The lowest BCUT2D eigenvalue weighted by molar-refractivity contribution is -0.127. The standard InChI is InChI=1S/C15H25N5O2/c1-11-18-13(10-14(19-11)20(2)3)16-6-7-17-15(21)12-4-8-22-9-5-12/h10,12H,4-9H2,1-3H3,(H,17,21)(H,16,18,19). The number of aryl methyl sites for hydroxylation is 1. The van der Waals surface area contributed by atoms with Gasteiger partial charge in [0, 0.05) is 52.4 Å². The molecule has 122 valence electrons. The Bertz CT molecular complexity index is 501. The molecule has 7 nitrogen and oxygen atoms in total. The molecule has 1 aliphatic heterocycles. The highest BCUT2D eigenvalue weighted by Gasteiger charge is 2.20. The number of anilines is 2. The van der Waals surface area contributed by atoms with E-state index in [2.05, 4.69) is 20.6 Å². The number of carbonyl (C=O) groups is 1. The Balaban J connectivity index is 1.75. The molecule has 1 aromatic heterocycles. The van der Waals surface area contributed by atoms with Crippen LogP contribution < -0.4 is 15.5 Å². The van der Waals surface area contributed by atoms with E-state index in [0.717, 1.165) is 30.3 Å². The molecule has 7 heteroatoms. The maximum Gasteiger partial charge on any atom is 0.223 e. The van der Waals surface area contributed by atoms with Gasteiger partial charge in [0.15, 0.2) is 0 Å². The van der Waals surface area contributed by atoms with Crippen LogP contribution in [0.5, 0.6) is 0 Å². The minimum atomic E-state index is 0.0930. The van der Waals surface area contributed by atoms with E-state index in [1.807, 2.05) is 32.0 Å². The molecule has 1 fully saturated rings. The van der Waals surface area contributed by atoms with E-state index in [1.165, 1.54) is 0 Å². The van der Waals surface area contributed by atoms with Crippen molar-refractivity contribution in [1.29, 1.82) is 0 Å². The highest BCUT2D eigenvalue weighted by Crippen LogP contribution is 2.14. The molecule has 0 saturated carbocycles. The van der Waals surface area contributed by atoms with Crippen molar-refractivity contribution in [2.24, 2.45) is 5.92 Å². The normalized spacial score (nSPS) is 15.4. The molecule has 1 aliphatic rings. The summed E-state index contributed by atoms with van der Waals surface area (Å²) >= 11 is 0. The second kappa shape index (κ2) is 7.93. The van der Waals surface area contributed by atoms with Crippen molar-refractivity contribution in [2.75, 3.05) is 50.6 Å². The zero-order chi connectivity index (χ0) is 15.9. The predicted molar refractivity (Wildman–Crippen MR) is 86.1 cm³/mol. The maximum absolute atomic E-state index is 12.0. The third-order valence-electron chi connectivity index (χ3n) is 3.61. The number of rotatable bonds is 6. The second-order valence-corrected chi connectivity index (χ2v) is 5.66. The predicted octanol–water partition coefficient (Wildman–Crippen LogP) is 0.806. The Morgan fingerprint density at radius 2 is 2.05 bits per heavy atom. The highest BCUT2D eigenvalue weighted by atomic mass is 16.5. The van der Waals surface area contributed by atoms with Crippen LogP contribution in [0.15, 0.2) is 6.07 Å². The minimum Gasteiger partial charge on any atom is -0.381 e. The number of hydrogen-bond donors (Lipinski definition) is 2. The van der Waals surface area contributed by atoms with Crippen molar-refractivity contribution in [3.63, 3.8) is 0 Å². The Morgan fingerprint density at radius 1 is 1.32 bits per heavy atom. The molecule has 0 unspecified atom stereocenters. The van der Waals surface area contributed by atoms with E-state index in [9.17, 15) is 4.79 Å². The quantitative estimate of drug-likeness (QED) is 0.757. The number of nitrogens with one attached hydrogen (secondary N) is 2. The van der Waals surface area contributed by atoms with E-state index in [-0.39, 0.29) is 11.8 Å². The summed E-state index contributed by atoms with van der Waals surface area (Å²) in [6.07, 6.45) is 1.63. The zero-order valence-electron chi connectivity index (χ0n) is 13.6. The zero-order valence-corrected chi connectivity index (χ0v) is 13.6. The molecule has 22 heavy (non-hydrogen) atoms. The van der Waals surface area contributed by atoms with Gasteiger partial charge in [-0.1, -0.05) is 0 Å². The van der Waals surface area contributed by atoms with Crippen molar-refractivity contribution >= 4 is 17.5 Å². The van der Waals surface area contributed by atoms with E-state index in [1.54, 1.807) is 0 Å². The van der Waals surface area contributed by atoms with Crippen LogP contribution in [0.3, 0.4) is 0 Å². The summed E-state index contributed by atoms with van der Waals surface area (Å²) in [4.78, 5) is 22.6. The lowest BCUT2D eigenvalue weighted by atomic mass is 9.99. The molecule has 0 atom stereocenters. The number of aromatic nitrogens is 2. The summed E-state index contributed by atoms with van der Waals surface area (Å²) in [5.74, 6) is 2.58. The summed E-state index contributed by atoms with van der Waals surface area (Å²) in [6, 6.07) is 1.90. The number of amides is 1. The van der Waals surface area contributed by atoms with Crippen LogP contribution in [0.4, 0.5) is 11.6 Å². The number of nitrogens with zero attached hydrogens (tertiary/aromatic N) is 3. The van der Waals surface area contributed by atoms with Crippen molar-refractivity contribution in [3.8, 4) is 0 Å². The van der Waals surface area contributed by atoms with Crippen LogP contribution >= 0.6 is 0 Å². The van der Waals surface area contributed by atoms with Crippen molar-refractivity contribution in [1.82, 2.24) is 15.3 Å². The van der Waals surface area contributed by atoms with Gasteiger partial charge in [0.1, 0.15) is 17.5 Å². The summed E-state index contributed by atoms with van der Waals surface area (Å²) in [5.41, 5.74) is 0. The molecule has 1 saturated heterocycles. The smallest absolute Gasteiger partial charge is 0.223 e. The summed E-state index contributed by atoms with van der Waals surface area (Å²) in [5, 5.41) is 6.19. The fourth-order valence-electron chi connectivity index (χ4n) is 2.35. The van der Waals surface area contributed by atoms with Crippen LogP contribution in [0.1, 0.15) is 18.7 Å². The van der Waals surface area contributed by atoms with Gasteiger partial charge in [-0.25, -0.2) is 9.97 Å². The van der Waals surface area contributed by atoms with Crippen molar-refractivity contribution in [3.05, 3.63) is 11.9 Å². The SMILES string of the molecule is Cc1nc(NCCNC(=O)C2CCOCC2)cc(N(C)C)n1. The van der Waals surface area contributed by atoms with Crippen molar-refractivity contribution < 1.29 is 9.53 Å². The van der Waals surface area contributed by atoms with E-state index in [4.69, 9.17) is 4.74 Å². The first kappa shape index (κ1) is 16.5. The molecule has 1 aromatic rings. The second-order valence-electron chi connectivity index (χ2n) is 5.66. The first-order valence-corrected chi connectivity index (χ1v) is 7.68. The van der Waals surface area contributed by atoms with E-state index in [0.29, 0.717) is 26.3 Å². The molecular weight excluding hydrogens is 282 g/mol. The van der Waals surface area contributed by atoms with Gasteiger partial charge in [0.25, 0.3) is 0 Å². The van der Waals surface area contributed by atoms with Crippen LogP contribution in [0.25, 0.3) is 0 Å². The molecule has 0 aliphatic carbocycles. The van der Waals surface area contributed by atoms with Crippen LogP contribution in [-0.4, -0.2) is 56.3 Å². The third-order valence-corrected chi connectivity index (χ3v) is 3.61. The van der Waals surface area contributed by atoms with Gasteiger partial charge < -0.3 is 20.3 Å². The van der Waals surface area contributed by atoms with Crippen LogP contribution in [0.2, 0.25) is 0 Å². The van der Waals surface area contributed by atoms with Gasteiger partial charge in [-0.2, -0.15) is 0 Å². The van der Waals surface area contributed by atoms with Gasteiger partial charge in [-0.3, -0.25) is 4.79 Å². The molecule has 2 rings (SSSR count). The number of ether oxygens (including phenoxy) is 1. The Labute approximate surface area is 131 Å². The first-order chi connectivity index (χ1) is 10.6. The fourth-order valence-corrected chi connectivity index (χ4v) is 2.35. The first-order valence-electron chi connectivity index (χ1n) is 7.68. The largest absolute Gasteiger partial charge is 0.381 e. The van der Waals surface area contributed by atoms with Crippen LogP contribution in [-0.2, 0) is 9.53 Å². The Hall–Kier alpha value is -1.89. The highest BCUT2D eigenvalue weighted by molar-refractivity contribution is 5.78. The molecule has 2 heterocycles. The average molecular weight is 307 g/mol.